The van der Waals surface area contributed by atoms with Crippen molar-refractivity contribution in [2.75, 3.05) is 0 Å². The molecule has 0 saturated carbocycles. The minimum Gasteiger partial charge on any atom is -0.0610 e. The Bertz CT molecular complexity index is 1120. The number of benzene rings is 5. The number of fused-ring (bicyclic) bond motifs is 2. The third-order valence-electron chi connectivity index (χ3n) is 5.48. The molecular weight excluding hydrogens is 264 g/mol. The number of aryl methyl sites for hydroxylation is 2. The van der Waals surface area contributed by atoms with Crippen molar-refractivity contribution in [2.24, 2.45) is 0 Å². The van der Waals surface area contributed by atoms with Crippen LogP contribution in [0.25, 0.3) is 43.1 Å². The van der Waals surface area contributed by atoms with Gasteiger partial charge in [-0.15, -0.1) is 0 Å². The van der Waals surface area contributed by atoms with E-state index in [1.165, 1.54) is 67.1 Å². The van der Waals surface area contributed by atoms with Crippen molar-refractivity contribution in [3.63, 3.8) is 0 Å². The van der Waals surface area contributed by atoms with Gasteiger partial charge in [-0.3, -0.25) is 0 Å². The number of hydrogen-bond donors (Lipinski definition) is 0. The smallest absolute Gasteiger partial charge is 0.00208 e. The Kier molecular flexibility index (Phi) is 1.80. The molecule has 0 fully saturated rings. The molecule has 0 bridgehead atoms. The van der Waals surface area contributed by atoms with Crippen molar-refractivity contribution in [3.05, 3.63) is 71.8 Å². The van der Waals surface area contributed by atoms with Gasteiger partial charge >= 0.3 is 0 Å². The number of rotatable bonds is 0. The summed E-state index contributed by atoms with van der Waals surface area (Å²) in [4.78, 5) is 0. The first-order valence-corrected chi connectivity index (χ1v) is 8.02. The summed E-state index contributed by atoms with van der Waals surface area (Å²) in [5.41, 5.74) is 3.06. The molecule has 0 heteroatoms. The van der Waals surface area contributed by atoms with Crippen LogP contribution in [0.2, 0.25) is 0 Å². The highest BCUT2D eigenvalue weighted by Crippen LogP contribution is 2.43. The van der Waals surface area contributed by atoms with E-state index in [2.05, 4.69) is 60.7 Å². The lowest BCUT2D eigenvalue weighted by Crippen LogP contribution is -1.88. The van der Waals surface area contributed by atoms with Crippen LogP contribution >= 0.6 is 0 Å². The predicted octanol–water partition coefficient (Wildman–Crippen LogP) is 5.84. The second-order valence-electron chi connectivity index (χ2n) is 6.50. The van der Waals surface area contributed by atoms with E-state index >= 15 is 0 Å². The Morgan fingerprint density at radius 3 is 1.59 bits per heavy atom. The second kappa shape index (κ2) is 3.59. The van der Waals surface area contributed by atoms with Gasteiger partial charge in [0.05, 0.1) is 0 Å². The molecule has 0 aliphatic heterocycles. The van der Waals surface area contributed by atoms with Crippen LogP contribution in [0.15, 0.2) is 60.7 Å². The lowest BCUT2D eigenvalue weighted by atomic mass is 9.88. The van der Waals surface area contributed by atoms with Gasteiger partial charge in [0.15, 0.2) is 0 Å². The highest BCUT2D eigenvalue weighted by molar-refractivity contribution is 6.33. The largest absolute Gasteiger partial charge is 0.0610 e. The highest BCUT2D eigenvalue weighted by Gasteiger charge is 2.19. The van der Waals surface area contributed by atoms with Gasteiger partial charge in [0, 0.05) is 0 Å². The van der Waals surface area contributed by atoms with Crippen molar-refractivity contribution in [1.82, 2.24) is 0 Å². The minimum atomic E-state index is 1.20. The highest BCUT2D eigenvalue weighted by atomic mass is 14.2. The molecule has 0 radical (unpaired) electrons. The molecule has 1 aliphatic carbocycles. The van der Waals surface area contributed by atoms with Crippen LogP contribution in [-0.4, -0.2) is 0 Å². The third kappa shape index (κ3) is 1.13. The predicted molar refractivity (Wildman–Crippen MR) is 95.1 cm³/mol. The van der Waals surface area contributed by atoms with Gasteiger partial charge < -0.3 is 0 Å². The zero-order valence-corrected chi connectivity index (χ0v) is 12.2. The van der Waals surface area contributed by atoms with Crippen LogP contribution in [0.3, 0.4) is 0 Å². The first-order chi connectivity index (χ1) is 10.9. The Hall–Kier alpha value is -2.60. The summed E-state index contributed by atoms with van der Waals surface area (Å²) >= 11 is 0. The van der Waals surface area contributed by atoms with Crippen molar-refractivity contribution >= 4 is 43.1 Å². The molecule has 102 valence electrons. The quantitative estimate of drug-likeness (QED) is 0.247. The van der Waals surface area contributed by atoms with Gasteiger partial charge in [-0.05, 0) is 67.1 Å². The maximum atomic E-state index is 2.35. The fraction of sp³-hybridized carbons (Fsp3) is 0.0909. The first kappa shape index (κ1) is 11.0. The van der Waals surface area contributed by atoms with E-state index in [0.29, 0.717) is 0 Å². The summed E-state index contributed by atoms with van der Waals surface area (Å²) in [6.45, 7) is 0. The summed E-state index contributed by atoms with van der Waals surface area (Å²) in [5, 5.41) is 11.4. The maximum Gasteiger partial charge on any atom is -0.00208 e. The summed E-state index contributed by atoms with van der Waals surface area (Å²) < 4.78 is 0. The lowest BCUT2D eigenvalue weighted by Gasteiger charge is -2.15. The molecule has 0 nitrogen and oxygen atoms in total. The minimum absolute atomic E-state index is 1.20. The molecular formula is C22H14. The van der Waals surface area contributed by atoms with Crippen LogP contribution in [0.5, 0.6) is 0 Å². The van der Waals surface area contributed by atoms with Crippen LogP contribution < -0.4 is 0 Å². The summed E-state index contributed by atoms with van der Waals surface area (Å²) in [7, 11) is 0. The van der Waals surface area contributed by atoms with Gasteiger partial charge in [-0.25, -0.2) is 0 Å². The van der Waals surface area contributed by atoms with Crippen molar-refractivity contribution in [3.8, 4) is 0 Å². The molecule has 0 saturated heterocycles. The summed E-state index contributed by atoms with van der Waals surface area (Å²) in [5.74, 6) is 0. The lowest BCUT2D eigenvalue weighted by molar-refractivity contribution is 1.02. The van der Waals surface area contributed by atoms with E-state index in [1.807, 2.05) is 0 Å². The molecule has 0 N–H and O–H groups in total. The molecule has 0 unspecified atom stereocenters. The standard InChI is InChI=1S/C22H14/c1-3-13-4-2-6-17-19-12-10-15-8-7-14-9-11-18(22(19)20(14)15)16(5-1)21(13)17/h1-6,9-12H,7-8H2. The summed E-state index contributed by atoms with van der Waals surface area (Å²) in [6.07, 6.45) is 2.39. The van der Waals surface area contributed by atoms with Crippen LogP contribution in [-0.2, 0) is 12.8 Å². The van der Waals surface area contributed by atoms with E-state index in [-0.39, 0.29) is 0 Å². The van der Waals surface area contributed by atoms with Crippen LogP contribution in [0.4, 0.5) is 0 Å². The SMILES string of the molecule is c1cc2cccc3c4ccc5c6c(ccc(c(c1)c23)c64)CC5. The van der Waals surface area contributed by atoms with E-state index in [4.69, 9.17) is 0 Å². The molecule has 0 aromatic heterocycles. The Labute approximate surface area is 128 Å². The molecule has 0 amide bonds. The zero-order valence-electron chi connectivity index (χ0n) is 12.2. The average molecular weight is 278 g/mol. The van der Waals surface area contributed by atoms with Crippen molar-refractivity contribution < 1.29 is 0 Å². The maximum absolute atomic E-state index is 2.35. The first-order valence-electron chi connectivity index (χ1n) is 8.02. The molecule has 0 heterocycles. The van der Waals surface area contributed by atoms with E-state index < -0.39 is 0 Å². The van der Waals surface area contributed by atoms with E-state index in [9.17, 15) is 0 Å². The molecule has 0 spiro atoms. The fourth-order valence-electron chi connectivity index (χ4n) is 4.57. The van der Waals surface area contributed by atoms with Crippen molar-refractivity contribution in [2.45, 2.75) is 12.8 Å². The van der Waals surface area contributed by atoms with Gasteiger partial charge in [0.25, 0.3) is 0 Å². The van der Waals surface area contributed by atoms with Crippen LogP contribution in [0.1, 0.15) is 11.1 Å². The van der Waals surface area contributed by atoms with Gasteiger partial charge in [-0.1, -0.05) is 60.7 Å². The molecule has 6 rings (SSSR count). The molecule has 22 heavy (non-hydrogen) atoms. The molecule has 5 aromatic rings. The zero-order chi connectivity index (χ0) is 14.3. The van der Waals surface area contributed by atoms with E-state index in [0.717, 1.165) is 0 Å². The number of hydrogen-bond acceptors (Lipinski definition) is 0. The Morgan fingerprint density at radius 1 is 0.455 bits per heavy atom. The molecule has 1 aliphatic rings. The average Bonchev–Trinajstić information content (AvgIpc) is 3.00. The van der Waals surface area contributed by atoms with Crippen molar-refractivity contribution in [1.29, 1.82) is 0 Å². The summed E-state index contributed by atoms with van der Waals surface area (Å²) in [6, 6.07) is 22.8. The Morgan fingerprint density at radius 2 is 1.00 bits per heavy atom. The van der Waals surface area contributed by atoms with Gasteiger partial charge in [0.2, 0.25) is 0 Å². The molecule has 5 aromatic carbocycles. The monoisotopic (exact) mass is 278 g/mol. The fourth-order valence-corrected chi connectivity index (χ4v) is 4.57. The van der Waals surface area contributed by atoms with Gasteiger partial charge in [-0.2, -0.15) is 0 Å². The van der Waals surface area contributed by atoms with Crippen LogP contribution in [0, 0.1) is 0 Å². The van der Waals surface area contributed by atoms with Gasteiger partial charge in [0.1, 0.15) is 0 Å². The topological polar surface area (TPSA) is 0 Å². The van der Waals surface area contributed by atoms with E-state index in [1.54, 1.807) is 0 Å². The normalized spacial score (nSPS) is 14.0. The third-order valence-corrected chi connectivity index (χ3v) is 5.48. The Balaban J connectivity index is 2.10. The molecule has 0 atom stereocenters. The second-order valence-corrected chi connectivity index (χ2v) is 6.50.